The highest BCUT2D eigenvalue weighted by atomic mass is 15.0. The molecule has 3 aromatic carbocycles. The van der Waals surface area contributed by atoms with Gasteiger partial charge in [-0.15, -0.1) is 0 Å². The van der Waals surface area contributed by atoms with E-state index >= 15 is 0 Å². The maximum Gasteiger partial charge on any atom is 0.138 e. The summed E-state index contributed by atoms with van der Waals surface area (Å²) in [6.45, 7) is 6.68. The fourth-order valence-electron chi connectivity index (χ4n) is 3.97. The van der Waals surface area contributed by atoms with Crippen LogP contribution < -0.4 is 5.32 Å². The zero-order chi connectivity index (χ0) is 21.4. The molecule has 0 saturated carbocycles. The van der Waals surface area contributed by atoms with Crippen molar-refractivity contribution in [3.05, 3.63) is 97.0 Å². The van der Waals surface area contributed by atoms with Crippen LogP contribution >= 0.6 is 0 Å². The molecule has 0 aliphatic rings. The van der Waals surface area contributed by atoms with E-state index in [9.17, 15) is 0 Å². The van der Waals surface area contributed by atoms with Gasteiger partial charge in [0.05, 0.1) is 0 Å². The average Bonchev–Trinajstić information content (AvgIpc) is 2.79. The summed E-state index contributed by atoms with van der Waals surface area (Å²) in [5.41, 5.74) is 4.76. The SMILES string of the molecule is CC(C)(C)c1ccc(Nc2ncc(-c3ccc4ccncc4c3)c3ccccc23)cc1. The fourth-order valence-corrected chi connectivity index (χ4v) is 3.97. The Hall–Kier alpha value is -3.72. The lowest BCUT2D eigenvalue weighted by atomic mass is 9.87. The number of anilines is 2. The molecular formula is C28H25N3. The van der Waals surface area contributed by atoms with E-state index in [0.29, 0.717) is 0 Å². The summed E-state index contributed by atoms with van der Waals surface area (Å²) in [6, 6.07) is 25.6. The van der Waals surface area contributed by atoms with Crippen molar-refractivity contribution in [2.75, 3.05) is 5.32 Å². The van der Waals surface area contributed by atoms with E-state index in [2.05, 4.69) is 97.8 Å². The number of fused-ring (bicyclic) bond motifs is 2. The van der Waals surface area contributed by atoms with Crippen LogP contribution in [0.1, 0.15) is 26.3 Å². The average molecular weight is 404 g/mol. The predicted octanol–water partition coefficient (Wildman–Crippen LogP) is 7.49. The van der Waals surface area contributed by atoms with Crippen molar-refractivity contribution < 1.29 is 0 Å². The summed E-state index contributed by atoms with van der Waals surface area (Å²) < 4.78 is 0. The van der Waals surface area contributed by atoms with Gasteiger partial charge in [0.15, 0.2) is 0 Å². The molecule has 0 aliphatic carbocycles. The Morgan fingerprint density at radius 3 is 2.29 bits per heavy atom. The summed E-state index contributed by atoms with van der Waals surface area (Å²) in [5.74, 6) is 0.866. The number of benzene rings is 3. The first-order valence-corrected chi connectivity index (χ1v) is 10.6. The van der Waals surface area contributed by atoms with E-state index in [0.717, 1.165) is 33.4 Å². The highest BCUT2D eigenvalue weighted by molar-refractivity contribution is 6.03. The molecule has 0 spiro atoms. The fraction of sp³-hybridized carbons (Fsp3) is 0.143. The monoisotopic (exact) mass is 403 g/mol. The summed E-state index contributed by atoms with van der Waals surface area (Å²) in [5, 5.41) is 8.11. The van der Waals surface area contributed by atoms with Crippen molar-refractivity contribution in [3.63, 3.8) is 0 Å². The van der Waals surface area contributed by atoms with Crippen molar-refractivity contribution in [1.82, 2.24) is 9.97 Å². The Morgan fingerprint density at radius 2 is 1.52 bits per heavy atom. The minimum Gasteiger partial charge on any atom is -0.340 e. The minimum absolute atomic E-state index is 0.139. The lowest BCUT2D eigenvalue weighted by Gasteiger charge is -2.19. The van der Waals surface area contributed by atoms with E-state index in [1.165, 1.54) is 16.3 Å². The van der Waals surface area contributed by atoms with Crippen LogP contribution in [-0.2, 0) is 5.41 Å². The minimum atomic E-state index is 0.139. The molecule has 0 bridgehead atoms. The van der Waals surface area contributed by atoms with E-state index in [1.807, 2.05) is 24.7 Å². The third kappa shape index (κ3) is 3.75. The van der Waals surface area contributed by atoms with Crippen LogP contribution in [0.15, 0.2) is 91.4 Å². The Bertz CT molecular complexity index is 1380. The van der Waals surface area contributed by atoms with Crippen molar-refractivity contribution >= 4 is 33.1 Å². The molecule has 31 heavy (non-hydrogen) atoms. The van der Waals surface area contributed by atoms with Gasteiger partial charge in [0.2, 0.25) is 0 Å². The molecule has 0 amide bonds. The first-order valence-electron chi connectivity index (χ1n) is 10.6. The van der Waals surface area contributed by atoms with Gasteiger partial charge in [-0.3, -0.25) is 4.98 Å². The van der Waals surface area contributed by atoms with E-state index in [4.69, 9.17) is 4.98 Å². The molecule has 0 unspecified atom stereocenters. The van der Waals surface area contributed by atoms with Gasteiger partial charge in [-0.25, -0.2) is 4.98 Å². The zero-order valence-electron chi connectivity index (χ0n) is 18.1. The smallest absolute Gasteiger partial charge is 0.138 e. The molecule has 5 rings (SSSR count). The molecule has 1 N–H and O–H groups in total. The molecule has 0 radical (unpaired) electrons. The number of rotatable bonds is 3. The summed E-state index contributed by atoms with van der Waals surface area (Å²) in [7, 11) is 0. The second kappa shape index (κ2) is 7.51. The van der Waals surface area contributed by atoms with Gasteiger partial charge in [-0.1, -0.05) is 69.3 Å². The van der Waals surface area contributed by atoms with Crippen LogP contribution in [-0.4, -0.2) is 9.97 Å². The quantitative estimate of drug-likeness (QED) is 0.339. The van der Waals surface area contributed by atoms with Gasteiger partial charge in [0.25, 0.3) is 0 Å². The van der Waals surface area contributed by atoms with E-state index < -0.39 is 0 Å². The standard InChI is InChI=1S/C28H25N3/c1-28(2,3)22-10-12-23(13-11-22)31-27-25-7-5-4-6-24(25)26(18-30-27)20-9-8-19-14-15-29-17-21(19)16-20/h4-18H,1-3H3,(H,30,31). The molecular weight excluding hydrogens is 378 g/mol. The Balaban J connectivity index is 1.56. The van der Waals surface area contributed by atoms with Crippen LogP contribution in [0.25, 0.3) is 32.7 Å². The van der Waals surface area contributed by atoms with Crippen LogP contribution in [0.4, 0.5) is 11.5 Å². The molecule has 152 valence electrons. The maximum absolute atomic E-state index is 4.80. The second-order valence-electron chi connectivity index (χ2n) is 8.96. The molecule has 2 aromatic heterocycles. The Labute approximate surface area is 182 Å². The number of aromatic nitrogens is 2. The van der Waals surface area contributed by atoms with E-state index in [-0.39, 0.29) is 5.41 Å². The highest BCUT2D eigenvalue weighted by Gasteiger charge is 2.14. The Kier molecular flexibility index (Phi) is 4.67. The van der Waals surface area contributed by atoms with Gasteiger partial charge in [0, 0.05) is 40.6 Å². The van der Waals surface area contributed by atoms with E-state index in [1.54, 1.807) is 0 Å². The van der Waals surface area contributed by atoms with Gasteiger partial charge >= 0.3 is 0 Å². The molecule has 5 aromatic rings. The first kappa shape index (κ1) is 19.3. The first-order chi connectivity index (χ1) is 15.0. The van der Waals surface area contributed by atoms with Crippen LogP contribution in [0, 0.1) is 0 Å². The van der Waals surface area contributed by atoms with Crippen molar-refractivity contribution in [2.24, 2.45) is 0 Å². The molecule has 0 fully saturated rings. The molecule has 3 nitrogen and oxygen atoms in total. The number of nitrogens with one attached hydrogen (secondary N) is 1. The third-order valence-corrected chi connectivity index (χ3v) is 5.76. The molecule has 0 saturated heterocycles. The van der Waals surface area contributed by atoms with Crippen LogP contribution in [0.3, 0.4) is 0 Å². The second-order valence-corrected chi connectivity index (χ2v) is 8.96. The third-order valence-electron chi connectivity index (χ3n) is 5.76. The normalized spacial score (nSPS) is 11.7. The van der Waals surface area contributed by atoms with Gasteiger partial charge in [0.1, 0.15) is 5.82 Å². The number of nitrogens with zero attached hydrogens (tertiary/aromatic N) is 2. The Morgan fingerprint density at radius 1 is 0.742 bits per heavy atom. The van der Waals surface area contributed by atoms with Gasteiger partial charge in [-0.05, 0) is 51.6 Å². The zero-order valence-corrected chi connectivity index (χ0v) is 18.1. The number of pyridine rings is 2. The van der Waals surface area contributed by atoms with Gasteiger partial charge < -0.3 is 5.32 Å². The molecule has 2 heterocycles. The molecule has 0 aliphatic heterocycles. The van der Waals surface area contributed by atoms with Crippen molar-refractivity contribution in [2.45, 2.75) is 26.2 Å². The summed E-state index contributed by atoms with van der Waals surface area (Å²) in [6.07, 6.45) is 5.70. The topological polar surface area (TPSA) is 37.8 Å². The lowest BCUT2D eigenvalue weighted by Crippen LogP contribution is -2.10. The summed E-state index contributed by atoms with van der Waals surface area (Å²) >= 11 is 0. The number of hydrogen-bond donors (Lipinski definition) is 1. The summed E-state index contributed by atoms with van der Waals surface area (Å²) in [4.78, 5) is 9.07. The van der Waals surface area contributed by atoms with Crippen molar-refractivity contribution in [3.8, 4) is 11.1 Å². The van der Waals surface area contributed by atoms with Crippen LogP contribution in [0.5, 0.6) is 0 Å². The maximum atomic E-state index is 4.80. The molecule has 3 heteroatoms. The van der Waals surface area contributed by atoms with Crippen molar-refractivity contribution in [1.29, 1.82) is 0 Å². The number of hydrogen-bond acceptors (Lipinski definition) is 3. The highest BCUT2D eigenvalue weighted by Crippen LogP contribution is 2.34. The molecule has 0 atom stereocenters. The van der Waals surface area contributed by atoms with Gasteiger partial charge in [-0.2, -0.15) is 0 Å². The predicted molar refractivity (Wildman–Crippen MR) is 131 cm³/mol. The van der Waals surface area contributed by atoms with Crippen LogP contribution in [0.2, 0.25) is 0 Å². The lowest BCUT2D eigenvalue weighted by molar-refractivity contribution is 0.590. The largest absolute Gasteiger partial charge is 0.340 e.